The maximum atomic E-state index is 12.3. The minimum atomic E-state index is -2.23. The van der Waals surface area contributed by atoms with Crippen molar-refractivity contribution in [2.45, 2.75) is 0 Å². The van der Waals surface area contributed by atoms with Crippen LogP contribution in [0.3, 0.4) is 0 Å². The average Bonchev–Trinajstić information content (AvgIpc) is 3.81. The maximum Gasteiger partial charge on any atom is 0.331 e. The van der Waals surface area contributed by atoms with Gasteiger partial charge in [-0.1, -0.05) is 127 Å². The molecule has 2 aromatic heterocycles. The van der Waals surface area contributed by atoms with E-state index >= 15 is 0 Å². The quantitative estimate of drug-likeness (QED) is 0.0715. The summed E-state index contributed by atoms with van der Waals surface area (Å²) in [6.45, 7) is -2.23. The van der Waals surface area contributed by atoms with E-state index in [9.17, 15) is 14.4 Å². The Kier molecular flexibility index (Phi) is 12.9. The lowest BCUT2D eigenvalue weighted by Crippen LogP contribution is -2.28. The fourth-order valence-electron chi connectivity index (χ4n) is 5.23. The molecule has 0 fully saturated rings. The molecule has 0 unspecified atom stereocenters. The first-order chi connectivity index (χ1) is 24.5. The highest BCUT2D eigenvalue weighted by Crippen LogP contribution is 2.43. The van der Waals surface area contributed by atoms with E-state index in [1.165, 1.54) is 46.4 Å². The molecule has 8 heteroatoms. The van der Waals surface area contributed by atoms with Gasteiger partial charge in [-0.2, -0.15) is 0 Å². The monoisotopic (exact) mass is 714 g/mol. The third-order valence-electron chi connectivity index (χ3n) is 7.58. The number of hydrogen-bond donors (Lipinski definition) is 0. The Balaban J connectivity index is 0.000000159. The summed E-state index contributed by atoms with van der Waals surface area (Å²) in [5, 5.41) is 5.75. The van der Waals surface area contributed by atoms with Gasteiger partial charge in [0.2, 0.25) is 0 Å². The van der Waals surface area contributed by atoms with Crippen LogP contribution in [0.4, 0.5) is 0 Å². The summed E-state index contributed by atoms with van der Waals surface area (Å²) in [6, 6.07) is 50.7. The molecule has 5 aromatic carbocycles. The van der Waals surface area contributed by atoms with E-state index in [1.807, 2.05) is 97.1 Å². The van der Waals surface area contributed by atoms with Crippen molar-refractivity contribution in [3.63, 3.8) is 0 Å². The summed E-state index contributed by atoms with van der Waals surface area (Å²) < 4.78 is 11.9. The minimum absolute atomic E-state index is 0.306. The van der Waals surface area contributed by atoms with Crippen LogP contribution in [0.15, 0.2) is 158 Å². The summed E-state index contributed by atoms with van der Waals surface area (Å²) in [6.07, 6.45) is 4.10. The van der Waals surface area contributed by atoms with Gasteiger partial charge >= 0.3 is 11.9 Å². The van der Waals surface area contributed by atoms with Gasteiger partial charge in [-0.15, -0.1) is 22.7 Å². The molecule has 2 heterocycles. The van der Waals surface area contributed by atoms with Gasteiger partial charge in [-0.05, 0) is 63.9 Å². The summed E-state index contributed by atoms with van der Waals surface area (Å²) in [5.74, 6) is 1.14. The van der Waals surface area contributed by atoms with E-state index in [4.69, 9.17) is 4.74 Å². The SMILES string of the molecule is COC(=O)/C=C/c1cc2ccccc2s1.COC(=O)C=P(c1ccccc1)(c1ccccc1)c1ccccc1.O=Cc1cc2ccccc2s1. The molecule has 7 rings (SSSR count). The molecule has 0 amide bonds. The Morgan fingerprint density at radius 1 is 0.540 bits per heavy atom. The number of aldehydes is 1. The smallest absolute Gasteiger partial charge is 0.331 e. The van der Waals surface area contributed by atoms with E-state index in [-0.39, 0.29) is 11.9 Å². The summed E-state index contributed by atoms with van der Waals surface area (Å²) in [4.78, 5) is 35.4. The van der Waals surface area contributed by atoms with E-state index < -0.39 is 6.89 Å². The van der Waals surface area contributed by atoms with Gasteiger partial charge in [0.05, 0.1) is 19.1 Å². The van der Waals surface area contributed by atoms with Crippen LogP contribution in [0, 0.1) is 0 Å². The van der Waals surface area contributed by atoms with Crippen molar-refractivity contribution < 1.29 is 23.9 Å². The summed E-state index contributed by atoms with van der Waals surface area (Å²) in [7, 11) is 2.80. The lowest BCUT2D eigenvalue weighted by Gasteiger charge is -2.28. The van der Waals surface area contributed by atoms with Crippen LogP contribution in [-0.4, -0.2) is 38.2 Å². The first-order valence-electron chi connectivity index (χ1n) is 15.6. The van der Waals surface area contributed by atoms with Crippen LogP contribution in [0.5, 0.6) is 0 Å². The molecule has 50 heavy (non-hydrogen) atoms. The van der Waals surface area contributed by atoms with Crippen LogP contribution in [-0.2, 0) is 19.1 Å². The molecule has 0 N–H and O–H groups in total. The van der Waals surface area contributed by atoms with Crippen LogP contribution < -0.4 is 15.9 Å². The number of esters is 2. The minimum Gasteiger partial charge on any atom is -0.466 e. The molecule has 0 saturated heterocycles. The molecule has 0 aliphatic carbocycles. The predicted octanol–water partition coefficient (Wildman–Crippen LogP) is 8.76. The third-order valence-corrected chi connectivity index (χ3v) is 13.6. The molecule has 0 aliphatic rings. The number of ether oxygens (including phenoxy) is 2. The predicted molar refractivity (Wildman–Crippen MR) is 213 cm³/mol. The molecule has 0 bridgehead atoms. The first kappa shape index (κ1) is 36.0. The number of methoxy groups -OCH3 is 2. The van der Waals surface area contributed by atoms with Crippen molar-refractivity contribution in [3.8, 4) is 0 Å². The van der Waals surface area contributed by atoms with Gasteiger partial charge in [0.15, 0.2) is 6.29 Å². The number of rotatable bonds is 7. The molecular weight excluding hydrogens is 680 g/mol. The third kappa shape index (κ3) is 9.01. The lowest BCUT2D eigenvalue weighted by atomic mass is 10.2. The van der Waals surface area contributed by atoms with Crippen LogP contribution in [0.1, 0.15) is 14.5 Å². The highest BCUT2D eigenvalue weighted by molar-refractivity contribution is 7.95. The molecule has 0 atom stereocenters. The van der Waals surface area contributed by atoms with Crippen LogP contribution in [0.2, 0.25) is 0 Å². The number of hydrogen-bond acceptors (Lipinski definition) is 7. The van der Waals surface area contributed by atoms with Gasteiger partial charge in [0.25, 0.3) is 0 Å². The Hall–Kier alpha value is -5.33. The summed E-state index contributed by atoms with van der Waals surface area (Å²) >= 11 is 3.18. The topological polar surface area (TPSA) is 69.7 Å². The van der Waals surface area contributed by atoms with Crippen LogP contribution in [0.25, 0.3) is 26.2 Å². The number of fused-ring (bicyclic) bond motifs is 2. The van der Waals surface area contributed by atoms with Gasteiger partial charge < -0.3 is 9.47 Å². The number of carbonyl (C=O) groups excluding carboxylic acids is 3. The fourth-order valence-corrected chi connectivity index (χ4v) is 10.8. The van der Waals surface area contributed by atoms with Gasteiger partial charge in [-0.3, -0.25) is 4.79 Å². The van der Waals surface area contributed by atoms with Gasteiger partial charge in [0, 0.05) is 26.1 Å². The molecule has 5 nitrogen and oxygen atoms in total. The second-order valence-electron chi connectivity index (χ2n) is 10.7. The van der Waals surface area contributed by atoms with E-state index in [1.54, 1.807) is 23.2 Å². The van der Waals surface area contributed by atoms with Crippen molar-refractivity contribution in [2.24, 2.45) is 0 Å². The zero-order valence-corrected chi connectivity index (χ0v) is 30.1. The van der Waals surface area contributed by atoms with Crippen molar-refractivity contribution in [1.82, 2.24) is 0 Å². The van der Waals surface area contributed by atoms with Crippen LogP contribution >= 0.6 is 29.6 Å². The first-order valence-corrected chi connectivity index (χ1v) is 19.1. The lowest BCUT2D eigenvalue weighted by molar-refractivity contribution is -0.135. The van der Waals surface area contributed by atoms with Gasteiger partial charge in [0.1, 0.15) is 0 Å². The standard InChI is InChI=1S/C21H19O2P.C12H10O2S.C9H6OS/c1-23-21(22)17-24(18-11-5-2-6-12-18,19-13-7-3-8-14-19)20-15-9-4-10-16-20;1-14-12(13)7-6-10-8-9-4-2-3-5-11(9)15-10;10-6-8-5-7-3-1-2-4-9(7)11-8/h2-17H,1H3;2-8H,1H3;1-6H/b;7-6+;. The molecule has 0 radical (unpaired) electrons. The van der Waals surface area contributed by atoms with Crippen molar-refractivity contribution >= 4 is 95.7 Å². The van der Waals surface area contributed by atoms with E-state index in [0.29, 0.717) is 0 Å². The average molecular weight is 715 g/mol. The summed E-state index contributed by atoms with van der Waals surface area (Å²) in [5.41, 5.74) is 0. The molecule has 0 aliphatic heterocycles. The van der Waals surface area contributed by atoms with Crippen molar-refractivity contribution in [1.29, 1.82) is 0 Å². The highest BCUT2D eigenvalue weighted by atomic mass is 32.1. The Labute approximate surface area is 300 Å². The molecule has 0 saturated carbocycles. The fraction of sp³-hybridized carbons (Fsp3) is 0.0476. The van der Waals surface area contributed by atoms with E-state index in [0.717, 1.165) is 37.3 Å². The second kappa shape index (κ2) is 17.9. The van der Waals surface area contributed by atoms with Gasteiger partial charge in [-0.25, -0.2) is 9.59 Å². The number of benzene rings is 5. The second-order valence-corrected chi connectivity index (χ2v) is 16.2. The number of carbonyl (C=O) groups is 3. The maximum absolute atomic E-state index is 12.3. The van der Waals surface area contributed by atoms with Crippen molar-refractivity contribution in [2.75, 3.05) is 14.2 Å². The molecule has 0 spiro atoms. The number of thiophene rings is 2. The van der Waals surface area contributed by atoms with Crippen molar-refractivity contribution in [3.05, 3.63) is 167 Å². The Morgan fingerprint density at radius 3 is 1.36 bits per heavy atom. The van der Waals surface area contributed by atoms with E-state index in [2.05, 4.69) is 59.3 Å². The zero-order chi connectivity index (χ0) is 35.2. The normalized spacial score (nSPS) is 10.8. The molecular formula is C42H35O5PS2. The Bertz CT molecular complexity index is 2090. The highest BCUT2D eigenvalue weighted by Gasteiger charge is 2.26. The zero-order valence-electron chi connectivity index (χ0n) is 27.5. The molecule has 7 aromatic rings. The Morgan fingerprint density at radius 2 is 0.940 bits per heavy atom. The molecule has 250 valence electrons. The largest absolute Gasteiger partial charge is 0.466 e.